The highest BCUT2D eigenvalue weighted by molar-refractivity contribution is 7.99. The topological polar surface area (TPSA) is 52.1 Å². The normalized spacial score (nSPS) is 14.4. The van der Waals surface area contributed by atoms with Crippen LogP contribution >= 0.6 is 11.8 Å². The van der Waals surface area contributed by atoms with Gasteiger partial charge in [-0.05, 0) is 80.0 Å². The minimum absolute atomic E-state index is 0.138. The third kappa shape index (κ3) is 5.64. The Labute approximate surface area is 184 Å². The SMILES string of the molecule is CCOC(=O)CCCCc1nnccc1C#Cc1cc2c(cc1C)SCCC2(C)C. The number of benzene rings is 1. The molecule has 1 aromatic carbocycles. The lowest BCUT2D eigenvalue weighted by Gasteiger charge is -2.32. The van der Waals surface area contributed by atoms with Crippen LogP contribution in [0.3, 0.4) is 0 Å². The highest BCUT2D eigenvalue weighted by Gasteiger charge is 2.28. The van der Waals surface area contributed by atoms with E-state index in [-0.39, 0.29) is 11.4 Å². The van der Waals surface area contributed by atoms with Crippen LogP contribution in [0.25, 0.3) is 0 Å². The van der Waals surface area contributed by atoms with Crippen LogP contribution in [-0.4, -0.2) is 28.5 Å². The van der Waals surface area contributed by atoms with Gasteiger partial charge in [0.1, 0.15) is 0 Å². The summed E-state index contributed by atoms with van der Waals surface area (Å²) in [5.41, 5.74) is 5.68. The van der Waals surface area contributed by atoms with Gasteiger partial charge in [0.25, 0.3) is 0 Å². The van der Waals surface area contributed by atoms with Gasteiger partial charge in [-0.1, -0.05) is 25.7 Å². The first-order chi connectivity index (χ1) is 14.4. The van der Waals surface area contributed by atoms with Gasteiger partial charge in [0.05, 0.1) is 18.5 Å². The number of aromatic nitrogens is 2. The third-order valence-electron chi connectivity index (χ3n) is 5.52. The largest absolute Gasteiger partial charge is 0.466 e. The van der Waals surface area contributed by atoms with Crippen molar-refractivity contribution in [3.63, 3.8) is 0 Å². The molecule has 30 heavy (non-hydrogen) atoms. The first-order valence-electron chi connectivity index (χ1n) is 10.7. The third-order valence-corrected chi connectivity index (χ3v) is 6.58. The number of unbranched alkanes of at least 4 members (excludes halogenated alkanes) is 1. The number of hydrogen-bond acceptors (Lipinski definition) is 5. The van der Waals surface area contributed by atoms with Crippen LogP contribution < -0.4 is 0 Å². The first kappa shape index (κ1) is 22.4. The van der Waals surface area contributed by atoms with E-state index in [1.165, 1.54) is 28.2 Å². The predicted molar refractivity (Wildman–Crippen MR) is 122 cm³/mol. The van der Waals surface area contributed by atoms with E-state index in [1.807, 2.05) is 24.8 Å². The van der Waals surface area contributed by atoms with E-state index in [9.17, 15) is 4.79 Å². The van der Waals surface area contributed by atoms with Crippen molar-refractivity contribution < 1.29 is 9.53 Å². The Bertz CT molecular complexity index is 973. The van der Waals surface area contributed by atoms with Crippen molar-refractivity contribution in [2.24, 2.45) is 0 Å². The van der Waals surface area contributed by atoms with Gasteiger partial charge in [-0.25, -0.2) is 0 Å². The molecule has 0 amide bonds. The molecule has 0 saturated carbocycles. The van der Waals surface area contributed by atoms with Crippen LogP contribution in [0.1, 0.15) is 74.4 Å². The van der Waals surface area contributed by atoms with Gasteiger partial charge >= 0.3 is 5.97 Å². The van der Waals surface area contributed by atoms with Crippen LogP contribution in [0.15, 0.2) is 29.3 Å². The maximum Gasteiger partial charge on any atom is 0.305 e. The molecule has 0 radical (unpaired) electrons. The zero-order chi connectivity index (χ0) is 21.6. The van der Waals surface area contributed by atoms with Crippen molar-refractivity contribution in [2.45, 2.75) is 70.1 Å². The van der Waals surface area contributed by atoms with Gasteiger partial charge in [0.2, 0.25) is 0 Å². The summed E-state index contributed by atoms with van der Waals surface area (Å²) in [7, 11) is 0. The molecule has 0 N–H and O–H groups in total. The molecule has 0 saturated heterocycles. The fraction of sp³-hybridized carbons (Fsp3) is 0.480. The minimum atomic E-state index is -0.138. The highest BCUT2D eigenvalue weighted by Crippen LogP contribution is 2.42. The quantitative estimate of drug-likeness (QED) is 0.362. The van der Waals surface area contributed by atoms with Gasteiger partial charge in [-0.3, -0.25) is 4.79 Å². The van der Waals surface area contributed by atoms with Crippen molar-refractivity contribution in [3.8, 4) is 11.8 Å². The molecule has 3 rings (SSSR count). The summed E-state index contributed by atoms with van der Waals surface area (Å²) in [6.07, 6.45) is 5.70. The zero-order valence-corrected chi connectivity index (χ0v) is 19.2. The molecule has 0 atom stereocenters. The molecule has 2 heterocycles. The van der Waals surface area contributed by atoms with Gasteiger partial charge in [0.15, 0.2) is 0 Å². The van der Waals surface area contributed by atoms with E-state index in [2.05, 4.69) is 54.9 Å². The molecule has 0 fully saturated rings. The number of hydrogen-bond donors (Lipinski definition) is 0. The highest BCUT2D eigenvalue weighted by atomic mass is 32.2. The Morgan fingerprint density at radius 3 is 2.83 bits per heavy atom. The van der Waals surface area contributed by atoms with Crippen molar-refractivity contribution in [3.05, 3.63) is 52.3 Å². The number of esters is 1. The van der Waals surface area contributed by atoms with E-state index in [1.54, 1.807) is 6.20 Å². The summed E-state index contributed by atoms with van der Waals surface area (Å²) in [5.74, 6) is 7.74. The van der Waals surface area contributed by atoms with E-state index in [0.29, 0.717) is 13.0 Å². The maximum atomic E-state index is 11.5. The molecular weight excluding hydrogens is 392 g/mol. The average Bonchev–Trinajstić information content (AvgIpc) is 2.70. The Morgan fingerprint density at radius 1 is 1.23 bits per heavy atom. The van der Waals surface area contributed by atoms with Crippen LogP contribution in [-0.2, 0) is 21.4 Å². The summed E-state index contributed by atoms with van der Waals surface area (Å²) in [4.78, 5) is 12.9. The second-order valence-electron chi connectivity index (χ2n) is 8.30. The van der Waals surface area contributed by atoms with Crippen molar-refractivity contribution in [2.75, 3.05) is 12.4 Å². The molecule has 2 aromatic rings. The van der Waals surface area contributed by atoms with Crippen molar-refractivity contribution in [1.82, 2.24) is 10.2 Å². The molecule has 1 aliphatic rings. The second kappa shape index (κ2) is 10.1. The maximum absolute atomic E-state index is 11.5. The van der Waals surface area contributed by atoms with Crippen LogP contribution in [0, 0.1) is 18.8 Å². The van der Waals surface area contributed by atoms with Crippen molar-refractivity contribution in [1.29, 1.82) is 0 Å². The summed E-state index contributed by atoms with van der Waals surface area (Å²) >= 11 is 1.95. The number of rotatable bonds is 6. The molecule has 0 unspecified atom stereocenters. The standard InChI is InChI=1S/C25H30N2O2S/c1-5-29-24(28)9-7-6-8-22-19(12-14-26-27-22)10-11-20-17-21-23(16-18(20)2)30-15-13-25(21,3)4/h12,14,16-17H,5-9,13,15H2,1-4H3. The summed E-state index contributed by atoms with van der Waals surface area (Å²) in [6.45, 7) is 9.03. The second-order valence-corrected chi connectivity index (χ2v) is 9.44. The predicted octanol–water partition coefficient (Wildman–Crippen LogP) is 5.23. The van der Waals surface area contributed by atoms with E-state index in [4.69, 9.17) is 4.74 Å². The Morgan fingerprint density at radius 2 is 2.03 bits per heavy atom. The van der Waals surface area contributed by atoms with Crippen molar-refractivity contribution >= 4 is 17.7 Å². The molecule has 0 spiro atoms. The molecule has 1 aliphatic heterocycles. The molecule has 0 bridgehead atoms. The minimum Gasteiger partial charge on any atom is -0.466 e. The lowest BCUT2D eigenvalue weighted by Crippen LogP contribution is -2.23. The lowest BCUT2D eigenvalue weighted by molar-refractivity contribution is -0.143. The monoisotopic (exact) mass is 422 g/mol. The number of aryl methyl sites for hydroxylation is 2. The number of fused-ring (bicyclic) bond motifs is 1. The summed E-state index contributed by atoms with van der Waals surface area (Å²) < 4.78 is 4.98. The summed E-state index contributed by atoms with van der Waals surface area (Å²) in [6, 6.07) is 6.48. The molecular formula is C25H30N2O2S. The number of ether oxygens (including phenoxy) is 1. The van der Waals surface area contributed by atoms with Crippen LogP contribution in [0.2, 0.25) is 0 Å². The summed E-state index contributed by atoms with van der Waals surface area (Å²) in [5, 5.41) is 8.31. The smallest absolute Gasteiger partial charge is 0.305 e. The van der Waals surface area contributed by atoms with E-state index in [0.717, 1.165) is 36.1 Å². The molecule has 0 aliphatic carbocycles. The number of carbonyl (C=O) groups excluding carboxylic acids is 1. The van der Waals surface area contributed by atoms with Gasteiger partial charge in [0, 0.05) is 22.4 Å². The Kier molecular flexibility index (Phi) is 7.55. The van der Waals surface area contributed by atoms with E-state index >= 15 is 0 Å². The fourth-order valence-corrected chi connectivity index (χ4v) is 5.19. The van der Waals surface area contributed by atoms with Crippen LogP contribution in [0.5, 0.6) is 0 Å². The number of nitrogens with zero attached hydrogens (tertiary/aromatic N) is 2. The van der Waals surface area contributed by atoms with E-state index < -0.39 is 0 Å². The van der Waals surface area contributed by atoms with Gasteiger partial charge in [-0.2, -0.15) is 10.2 Å². The average molecular weight is 423 g/mol. The number of thioether (sulfide) groups is 1. The molecule has 158 valence electrons. The molecule has 5 heteroatoms. The molecule has 1 aromatic heterocycles. The first-order valence-corrected chi connectivity index (χ1v) is 11.7. The van der Waals surface area contributed by atoms with Gasteiger partial charge in [-0.15, -0.1) is 11.8 Å². The van der Waals surface area contributed by atoms with Crippen LogP contribution in [0.4, 0.5) is 0 Å². The zero-order valence-electron chi connectivity index (χ0n) is 18.4. The van der Waals surface area contributed by atoms with Gasteiger partial charge < -0.3 is 4.74 Å². The molecule has 4 nitrogen and oxygen atoms in total. The Balaban J connectivity index is 1.75. The lowest BCUT2D eigenvalue weighted by atomic mass is 9.80. The Hall–Kier alpha value is -2.32. The number of carbonyl (C=O) groups is 1. The fourth-order valence-electron chi connectivity index (χ4n) is 3.60.